The van der Waals surface area contributed by atoms with Crippen LogP contribution >= 0.6 is 0 Å². The molecule has 2 aromatic heterocycles. The second kappa shape index (κ2) is 9.09. The van der Waals surface area contributed by atoms with Crippen molar-refractivity contribution in [2.24, 2.45) is 0 Å². The molecule has 0 aliphatic rings. The summed E-state index contributed by atoms with van der Waals surface area (Å²) in [6, 6.07) is 12.4. The van der Waals surface area contributed by atoms with Crippen LogP contribution in [0.25, 0.3) is 32.9 Å². The number of pyridine rings is 1. The average molecular weight is 435 g/mol. The SMILES string of the molecule is CCC(COC)n1ccc2c(C)nc3c(-c4c(OC)cc(OC)cc4OC)cccc3c21. The molecule has 1 atom stereocenters. The van der Waals surface area contributed by atoms with Crippen molar-refractivity contribution in [3.05, 3.63) is 48.3 Å². The summed E-state index contributed by atoms with van der Waals surface area (Å²) in [5.41, 5.74) is 4.87. The lowest BCUT2D eigenvalue weighted by Gasteiger charge is -2.20. The van der Waals surface area contributed by atoms with Crippen LogP contribution in [0.5, 0.6) is 17.2 Å². The Bertz CT molecular complexity index is 1240. The predicted molar refractivity (Wildman–Crippen MR) is 128 cm³/mol. The van der Waals surface area contributed by atoms with Gasteiger partial charge in [-0.25, -0.2) is 0 Å². The Morgan fingerprint density at radius 2 is 1.66 bits per heavy atom. The minimum atomic E-state index is 0.246. The number of methoxy groups -OCH3 is 4. The first-order valence-corrected chi connectivity index (χ1v) is 10.8. The highest BCUT2D eigenvalue weighted by molar-refractivity contribution is 6.10. The van der Waals surface area contributed by atoms with Crippen LogP contribution in [-0.4, -0.2) is 44.6 Å². The number of hydrogen-bond acceptors (Lipinski definition) is 5. The van der Waals surface area contributed by atoms with Gasteiger partial charge in [-0.15, -0.1) is 0 Å². The number of rotatable bonds is 8. The summed E-state index contributed by atoms with van der Waals surface area (Å²) in [7, 11) is 6.69. The highest BCUT2D eigenvalue weighted by Crippen LogP contribution is 2.45. The fraction of sp³-hybridized carbons (Fsp3) is 0.346. The molecule has 32 heavy (non-hydrogen) atoms. The van der Waals surface area contributed by atoms with Crippen molar-refractivity contribution < 1.29 is 18.9 Å². The van der Waals surface area contributed by atoms with Crippen molar-refractivity contribution in [3.63, 3.8) is 0 Å². The Balaban J connectivity index is 2.07. The molecule has 0 fully saturated rings. The van der Waals surface area contributed by atoms with Gasteiger partial charge in [-0.3, -0.25) is 4.98 Å². The van der Waals surface area contributed by atoms with E-state index in [2.05, 4.69) is 48.9 Å². The summed E-state index contributed by atoms with van der Waals surface area (Å²) in [6.45, 7) is 4.90. The van der Waals surface area contributed by atoms with E-state index in [-0.39, 0.29) is 6.04 Å². The number of para-hydroxylation sites is 1. The Labute approximate surface area is 188 Å². The molecule has 1 unspecified atom stereocenters. The lowest BCUT2D eigenvalue weighted by Crippen LogP contribution is -2.13. The molecular formula is C26H30N2O4. The first-order chi connectivity index (χ1) is 15.6. The lowest BCUT2D eigenvalue weighted by atomic mass is 9.98. The topological polar surface area (TPSA) is 54.7 Å². The van der Waals surface area contributed by atoms with Gasteiger partial charge in [-0.05, 0) is 19.4 Å². The van der Waals surface area contributed by atoms with Crippen molar-refractivity contribution in [2.75, 3.05) is 35.0 Å². The highest BCUT2D eigenvalue weighted by Gasteiger charge is 2.21. The zero-order valence-corrected chi connectivity index (χ0v) is 19.6. The van der Waals surface area contributed by atoms with Gasteiger partial charge in [-0.2, -0.15) is 0 Å². The maximum absolute atomic E-state index is 5.74. The van der Waals surface area contributed by atoms with E-state index in [9.17, 15) is 0 Å². The lowest BCUT2D eigenvalue weighted by molar-refractivity contribution is 0.155. The molecule has 0 saturated carbocycles. The van der Waals surface area contributed by atoms with Crippen LogP contribution in [0.3, 0.4) is 0 Å². The third-order valence-electron chi connectivity index (χ3n) is 6.08. The number of hydrogen-bond donors (Lipinski definition) is 0. The third-order valence-corrected chi connectivity index (χ3v) is 6.08. The number of ether oxygens (including phenoxy) is 4. The van der Waals surface area contributed by atoms with Gasteiger partial charge in [0.05, 0.1) is 50.6 Å². The predicted octanol–water partition coefficient (Wildman–Crippen LogP) is 5.79. The van der Waals surface area contributed by atoms with Crippen LogP contribution in [0.2, 0.25) is 0 Å². The molecule has 0 bridgehead atoms. The van der Waals surface area contributed by atoms with E-state index < -0.39 is 0 Å². The molecule has 4 aromatic rings. The van der Waals surface area contributed by atoms with Crippen molar-refractivity contribution >= 4 is 21.8 Å². The Morgan fingerprint density at radius 1 is 0.938 bits per heavy atom. The van der Waals surface area contributed by atoms with Crippen LogP contribution in [0, 0.1) is 6.92 Å². The summed E-state index contributed by atoms with van der Waals surface area (Å²) in [5.74, 6) is 2.03. The normalized spacial score (nSPS) is 12.3. The van der Waals surface area contributed by atoms with E-state index in [1.807, 2.05) is 12.1 Å². The van der Waals surface area contributed by atoms with Crippen LogP contribution < -0.4 is 14.2 Å². The molecule has 0 amide bonds. The zero-order chi connectivity index (χ0) is 22.8. The Hall–Kier alpha value is -3.25. The van der Waals surface area contributed by atoms with E-state index >= 15 is 0 Å². The quantitative estimate of drug-likeness (QED) is 0.351. The second-order valence-electron chi connectivity index (χ2n) is 7.81. The van der Waals surface area contributed by atoms with E-state index in [0.29, 0.717) is 23.9 Å². The maximum atomic E-state index is 5.74. The molecule has 4 rings (SSSR count). The number of nitrogens with zero attached hydrogens (tertiary/aromatic N) is 2. The van der Waals surface area contributed by atoms with E-state index in [1.165, 1.54) is 5.52 Å². The molecule has 0 radical (unpaired) electrons. The van der Waals surface area contributed by atoms with Gasteiger partial charge in [0.15, 0.2) is 0 Å². The standard InChI is InChI=1S/C26H30N2O4/c1-7-17(15-29-3)28-12-11-19-16(2)27-25-20(9-8-10-21(25)26(19)28)24-22(31-5)13-18(30-4)14-23(24)32-6/h8-14,17H,7,15H2,1-6H3. The van der Waals surface area contributed by atoms with Gasteiger partial charge < -0.3 is 23.5 Å². The molecule has 168 valence electrons. The van der Waals surface area contributed by atoms with Gasteiger partial charge in [0.1, 0.15) is 17.2 Å². The van der Waals surface area contributed by atoms with Gasteiger partial charge in [-0.1, -0.05) is 25.1 Å². The second-order valence-corrected chi connectivity index (χ2v) is 7.81. The Morgan fingerprint density at radius 3 is 2.25 bits per heavy atom. The molecule has 6 nitrogen and oxygen atoms in total. The number of benzene rings is 2. The summed E-state index contributed by atoms with van der Waals surface area (Å²) >= 11 is 0. The number of fused-ring (bicyclic) bond motifs is 3. The van der Waals surface area contributed by atoms with Gasteiger partial charge in [0.25, 0.3) is 0 Å². The molecule has 2 aromatic carbocycles. The van der Waals surface area contributed by atoms with Crippen LogP contribution in [0.1, 0.15) is 25.1 Å². The van der Waals surface area contributed by atoms with Crippen molar-refractivity contribution in [2.45, 2.75) is 26.3 Å². The van der Waals surface area contributed by atoms with Crippen molar-refractivity contribution in [1.82, 2.24) is 9.55 Å². The molecule has 0 saturated heterocycles. The van der Waals surface area contributed by atoms with E-state index in [1.54, 1.807) is 28.4 Å². The molecular weight excluding hydrogens is 404 g/mol. The van der Waals surface area contributed by atoms with Crippen LogP contribution in [0.4, 0.5) is 0 Å². The fourth-order valence-electron chi connectivity index (χ4n) is 4.47. The molecule has 0 aliphatic heterocycles. The van der Waals surface area contributed by atoms with Gasteiger partial charge >= 0.3 is 0 Å². The smallest absolute Gasteiger partial charge is 0.134 e. The van der Waals surface area contributed by atoms with Gasteiger partial charge in [0, 0.05) is 47.5 Å². The maximum Gasteiger partial charge on any atom is 0.134 e. The van der Waals surface area contributed by atoms with Crippen LogP contribution in [-0.2, 0) is 4.74 Å². The number of aromatic nitrogens is 2. The monoisotopic (exact) mass is 434 g/mol. The van der Waals surface area contributed by atoms with Crippen LogP contribution in [0.15, 0.2) is 42.6 Å². The first kappa shape index (κ1) is 22.0. The molecule has 2 heterocycles. The summed E-state index contributed by atoms with van der Waals surface area (Å²) < 4.78 is 24.7. The summed E-state index contributed by atoms with van der Waals surface area (Å²) in [4.78, 5) is 5.03. The Kier molecular flexibility index (Phi) is 6.24. The van der Waals surface area contributed by atoms with E-state index in [0.717, 1.165) is 39.5 Å². The minimum absolute atomic E-state index is 0.246. The summed E-state index contributed by atoms with van der Waals surface area (Å²) in [6.07, 6.45) is 3.12. The largest absolute Gasteiger partial charge is 0.496 e. The van der Waals surface area contributed by atoms with Gasteiger partial charge in [0.2, 0.25) is 0 Å². The average Bonchev–Trinajstić information content (AvgIpc) is 3.27. The number of aryl methyl sites for hydroxylation is 1. The molecule has 0 aliphatic carbocycles. The van der Waals surface area contributed by atoms with Crippen molar-refractivity contribution in [3.8, 4) is 28.4 Å². The molecule has 0 spiro atoms. The minimum Gasteiger partial charge on any atom is -0.496 e. The molecule has 6 heteroatoms. The fourth-order valence-corrected chi connectivity index (χ4v) is 4.47. The third kappa shape index (κ3) is 3.54. The van der Waals surface area contributed by atoms with Crippen molar-refractivity contribution in [1.29, 1.82) is 0 Å². The zero-order valence-electron chi connectivity index (χ0n) is 19.6. The van der Waals surface area contributed by atoms with E-state index in [4.69, 9.17) is 23.9 Å². The molecule has 0 N–H and O–H groups in total. The first-order valence-electron chi connectivity index (χ1n) is 10.8. The highest BCUT2D eigenvalue weighted by atomic mass is 16.5. The summed E-state index contributed by atoms with van der Waals surface area (Å²) in [5, 5.41) is 2.24.